The van der Waals surface area contributed by atoms with Gasteiger partial charge in [0.2, 0.25) is 5.91 Å². The average molecular weight is 309 g/mol. The molecule has 2 rings (SSSR count). The van der Waals surface area contributed by atoms with Crippen LogP contribution in [0.4, 0.5) is 5.69 Å². The van der Waals surface area contributed by atoms with E-state index in [9.17, 15) is 4.79 Å². The number of rotatable bonds is 7. The Balaban J connectivity index is 2.00. The summed E-state index contributed by atoms with van der Waals surface area (Å²) in [5, 5.41) is 2.86. The van der Waals surface area contributed by atoms with Gasteiger partial charge in [-0.25, -0.2) is 0 Å². The number of amides is 1. The summed E-state index contributed by atoms with van der Waals surface area (Å²) in [4.78, 5) is 12.0. The molecule has 0 bridgehead atoms. The zero-order valence-electron chi connectivity index (χ0n) is 13.7. The summed E-state index contributed by atoms with van der Waals surface area (Å²) in [5.41, 5.74) is 2.95. The molecule has 0 saturated heterocycles. The van der Waals surface area contributed by atoms with Gasteiger partial charge in [-0.15, -0.1) is 0 Å². The van der Waals surface area contributed by atoms with Gasteiger partial charge >= 0.3 is 0 Å². The number of benzene rings is 2. The van der Waals surface area contributed by atoms with Crippen molar-refractivity contribution in [2.45, 2.75) is 26.7 Å². The SMILES string of the molecule is CCCOc1ccccc1/C=C/C(=O)Nc1ccc(CC)cc1. The predicted octanol–water partition coefficient (Wildman–Crippen LogP) is 4.69. The standard InChI is InChI=1S/C20H23NO2/c1-3-15-23-19-8-6-5-7-17(19)11-14-20(22)21-18-12-9-16(4-2)10-13-18/h5-14H,3-4,15H2,1-2H3,(H,21,22)/b14-11+. The highest BCUT2D eigenvalue weighted by Crippen LogP contribution is 2.19. The molecule has 0 unspecified atom stereocenters. The molecule has 0 aliphatic rings. The van der Waals surface area contributed by atoms with E-state index in [2.05, 4.69) is 19.2 Å². The summed E-state index contributed by atoms with van der Waals surface area (Å²) in [6.07, 6.45) is 5.25. The molecule has 0 atom stereocenters. The van der Waals surface area contributed by atoms with Crippen molar-refractivity contribution < 1.29 is 9.53 Å². The van der Waals surface area contributed by atoms with Crippen molar-refractivity contribution in [3.8, 4) is 5.75 Å². The molecular formula is C20H23NO2. The lowest BCUT2D eigenvalue weighted by Gasteiger charge is -2.07. The second-order valence-electron chi connectivity index (χ2n) is 5.26. The highest BCUT2D eigenvalue weighted by atomic mass is 16.5. The van der Waals surface area contributed by atoms with Crippen LogP contribution in [0.5, 0.6) is 5.75 Å². The van der Waals surface area contributed by atoms with Crippen LogP contribution in [0.3, 0.4) is 0 Å². The van der Waals surface area contributed by atoms with Crippen LogP contribution in [0.25, 0.3) is 6.08 Å². The second kappa shape index (κ2) is 8.79. The third-order valence-electron chi connectivity index (χ3n) is 3.42. The number of ether oxygens (including phenoxy) is 1. The molecule has 3 heteroatoms. The van der Waals surface area contributed by atoms with Crippen molar-refractivity contribution in [1.82, 2.24) is 0 Å². The third kappa shape index (κ3) is 5.29. The van der Waals surface area contributed by atoms with Gasteiger partial charge in [-0.2, -0.15) is 0 Å². The van der Waals surface area contributed by atoms with Gasteiger partial charge in [0.15, 0.2) is 0 Å². The summed E-state index contributed by atoms with van der Waals surface area (Å²) in [6, 6.07) is 15.6. The lowest BCUT2D eigenvalue weighted by molar-refractivity contribution is -0.111. The van der Waals surface area contributed by atoms with Crippen LogP contribution in [0.15, 0.2) is 54.6 Å². The number of anilines is 1. The smallest absolute Gasteiger partial charge is 0.248 e. The first-order valence-electron chi connectivity index (χ1n) is 8.02. The van der Waals surface area contributed by atoms with E-state index < -0.39 is 0 Å². The molecule has 0 heterocycles. The van der Waals surface area contributed by atoms with Crippen LogP contribution in [0.2, 0.25) is 0 Å². The maximum atomic E-state index is 12.0. The van der Waals surface area contributed by atoms with Crippen LogP contribution >= 0.6 is 0 Å². The Morgan fingerprint density at radius 3 is 2.52 bits per heavy atom. The van der Waals surface area contributed by atoms with Crippen molar-refractivity contribution in [3.63, 3.8) is 0 Å². The van der Waals surface area contributed by atoms with Crippen molar-refractivity contribution in [2.24, 2.45) is 0 Å². The number of carbonyl (C=O) groups excluding carboxylic acids is 1. The fraction of sp³-hybridized carbons (Fsp3) is 0.250. The molecule has 0 saturated carbocycles. The lowest BCUT2D eigenvalue weighted by atomic mass is 10.1. The van der Waals surface area contributed by atoms with Gasteiger partial charge in [0.25, 0.3) is 0 Å². The average Bonchev–Trinajstić information content (AvgIpc) is 2.59. The first-order valence-corrected chi connectivity index (χ1v) is 8.02. The van der Waals surface area contributed by atoms with Gasteiger partial charge in [-0.05, 0) is 42.7 Å². The summed E-state index contributed by atoms with van der Waals surface area (Å²) in [6.45, 7) is 4.84. The molecule has 1 amide bonds. The molecule has 120 valence electrons. The quantitative estimate of drug-likeness (QED) is 0.754. The maximum Gasteiger partial charge on any atom is 0.248 e. The lowest BCUT2D eigenvalue weighted by Crippen LogP contribution is -2.07. The molecule has 1 N–H and O–H groups in total. The Morgan fingerprint density at radius 2 is 1.83 bits per heavy atom. The van der Waals surface area contributed by atoms with E-state index >= 15 is 0 Å². The molecule has 0 aromatic heterocycles. The van der Waals surface area contributed by atoms with Crippen molar-refractivity contribution >= 4 is 17.7 Å². The molecule has 3 nitrogen and oxygen atoms in total. The molecular weight excluding hydrogens is 286 g/mol. The van der Waals surface area contributed by atoms with Gasteiger partial charge in [-0.1, -0.05) is 44.2 Å². The second-order valence-corrected chi connectivity index (χ2v) is 5.26. The van der Waals surface area contributed by atoms with Crippen LogP contribution in [0.1, 0.15) is 31.4 Å². The summed E-state index contributed by atoms with van der Waals surface area (Å²) in [5.74, 6) is 0.644. The fourth-order valence-corrected chi connectivity index (χ4v) is 2.13. The van der Waals surface area contributed by atoms with E-state index in [0.717, 1.165) is 29.8 Å². The summed E-state index contributed by atoms with van der Waals surface area (Å²) >= 11 is 0. The minimum Gasteiger partial charge on any atom is -0.493 e. The molecule has 0 aliphatic heterocycles. The van der Waals surface area contributed by atoms with E-state index in [0.29, 0.717) is 6.61 Å². The molecule has 0 aliphatic carbocycles. The van der Waals surface area contributed by atoms with E-state index in [-0.39, 0.29) is 5.91 Å². The normalized spacial score (nSPS) is 10.7. The maximum absolute atomic E-state index is 12.0. The van der Waals surface area contributed by atoms with E-state index in [1.807, 2.05) is 48.5 Å². The molecule has 0 fully saturated rings. The van der Waals surface area contributed by atoms with E-state index in [1.54, 1.807) is 6.08 Å². The number of para-hydroxylation sites is 1. The molecule has 0 radical (unpaired) electrons. The number of hydrogen-bond donors (Lipinski definition) is 1. The van der Waals surface area contributed by atoms with E-state index in [1.165, 1.54) is 11.6 Å². The molecule has 0 spiro atoms. The summed E-state index contributed by atoms with van der Waals surface area (Å²) in [7, 11) is 0. The summed E-state index contributed by atoms with van der Waals surface area (Å²) < 4.78 is 5.68. The van der Waals surface area contributed by atoms with Crippen molar-refractivity contribution in [2.75, 3.05) is 11.9 Å². The Bertz CT molecular complexity index is 660. The zero-order valence-corrected chi connectivity index (χ0v) is 13.7. The Kier molecular flexibility index (Phi) is 6.42. The number of nitrogens with one attached hydrogen (secondary N) is 1. The fourth-order valence-electron chi connectivity index (χ4n) is 2.13. The van der Waals surface area contributed by atoms with Gasteiger partial charge in [0.1, 0.15) is 5.75 Å². The minimum atomic E-state index is -0.153. The monoisotopic (exact) mass is 309 g/mol. The Morgan fingerprint density at radius 1 is 1.09 bits per heavy atom. The van der Waals surface area contributed by atoms with Crippen LogP contribution in [-0.4, -0.2) is 12.5 Å². The molecule has 2 aromatic rings. The number of hydrogen-bond acceptors (Lipinski definition) is 2. The van der Waals surface area contributed by atoms with Crippen LogP contribution in [-0.2, 0) is 11.2 Å². The highest BCUT2D eigenvalue weighted by Gasteiger charge is 2.01. The topological polar surface area (TPSA) is 38.3 Å². The van der Waals surface area contributed by atoms with Gasteiger partial charge < -0.3 is 10.1 Å². The van der Waals surface area contributed by atoms with Gasteiger partial charge in [-0.3, -0.25) is 4.79 Å². The Labute approximate surface area is 138 Å². The zero-order chi connectivity index (χ0) is 16.5. The minimum absolute atomic E-state index is 0.153. The molecule has 2 aromatic carbocycles. The van der Waals surface area contributed by atoms with Gasteiger partial charge in [0, 0.05) is 17.3 Å². The van der Waals surface area contributed by atoms with E-state index in [4.69, 9.17) is 4.74 Å². The van der Waals surface area contributed by atoms with Crippen LogP contribution in [0, 0.1) is 0 Å². The predicted molar refractivity (Wildman–Crippen MR) is 95.7 cm³/mol. The number of aryl methyl sites for hydroxylation is 1. The number of carbonyl (C=O) groups is 1. The van der Waals surface area contributed by atoms with Crippen molar-refractivity contribution in [3.05, 3.63) is 65.7 Å². The Hall–Kier alpha value is -2.55. The largest absolute Gasteiger partial charge is 0.493 e. The van der Waals surface area contributed by atoms with Gasteiger partial charge in [0.05, 0.1) is 6.61 Å². The molecule has 23 heavy (non-hydrogen) atoms. The first-order chi connectivity index (χ1) is 11.2. The third-order valence-corrected chi connectivity index (χ3v) is 3.42. The first kappa shape index (κ1) is 16.8. The van der Waals surface area contributed by atoms with Crippen molar-refractivity contribution in [1.29, 1.82) is 0 Å². The highest BCUT2D eigenvalue weighted by molar-refractivity contribution is 6.02. The van der Waals surface area contributed by atoms with Crippen LogP contribution < -0.4 is 10.1 Å².